The standard InChI is InChI=1S/C12H18O3/c1-8(13)15-11-4-3-9-7-10(14)5-6-12(9,11)2/h9,11H,3-7H2,1-2H3/t9?,11-,12-/m0/s1. The molecule has 15 heavy (non-hydrogen) atoms. The predicted molar refractivity (Wildman–Crippen MR) is 55.2 cm³/mol. The molecule has 0 radical (unpaired) electrons. The molecule has 0 aromatic rings. The number of esters is 1. The van der Waals surface area contributed by atoms with E-state index in [1.54, 1.807) is 0 Å². The quantitative estimate of drug-likeness (QED) is 0.622. The summed E-state index contributed by atoms with van der Waals surface area (Å²) in [6, 6.07) is 0. The first-order valence-corrected chi connectivity index (χ1v) is 5.71. The van der Waals surface area contributed by atoms with Gasteiger partial charge < -0.3 is 4.74 Å². The molecule has 2 rings (SSSR count). The second-order valence-corrected chi connectivity index (χ2v) is 5.12. The Morgan fingerprint density at radius 1 is 1.47 bits per heavy atom. The molecule has 1 unspecified atom stereocenters. The SMILES string of the molecule is CC(=O)O[C@H]1CCC2CC(=O)CC[C@@]21C. The van der Waals surface area contributed by atoms with E-state index in [1.807, 2.05) is 0 Å². The van der Waals surface area contributed by atoms with Gasteiger partial charge in [0.05, 0.1) is 0 Å². The van der Waals surface area contributed by atoms with Crippen LogP contribution in [0.1, 0.15) is 46.0 Å². The van der Waals surface area contributed by atoms with Gasteiger partial charge in [0.15, 0.2) is 0 Å². The van der Waals surface area contributed by atoms with E-state index in [4.69, 9.17) is 4.74 Å². The summed E-state index contributed by atoms with van der Waals surface area (Å²) in [5.74, 6) is 0.614. The average Bonchev–Trinajstić information content (AvgIpc) is 2.44. The van der Waals surface area contributed by atoms with Gasteiger partial charge in [-0.3, -0.25) is 9.59 Å². The van der Waals surface area contributed by atoms with E-state index >= 15 is 0 Å². The van der Waals surface area contributed by atoms with Crippen molar-refractivity contribution in [1.29, 1.82) is 0 Å². The van der Waals surface area contributed by atoms with Crippen molar-refractivity contribution in [1.82, 2.24) is 0 Å². The van der Waals surface area contributed by atoms with Crippen LogP contribution in [0.3, 0.4) is 0 Å². The molecule has 0 aromatic heterocycles. The molecule has 0 aliphatic heterocycles. The van der Waals surface area contributed by atoms with Crippen molar-refractivity contribution in [3.05, 3.63) is 0 Å². The van der Waals surface area contributed by atoms with Crippen molar-refractivity contribution in [2.75, 3.05) is 0 Å². The van der Waals surface area contributed by atoms with Gasteiger partial charge in [-0.05, 0) is 25.2 Å². The van der Waals surface area contributed by atoms with Crippen molar-refractivity contribution in [2.24, 2.45) is 11.3 Å². The number of carbonyl (C=O) groups is 2. The van der Waals surface area contributed by atoms with Crippen LogP contribution < -0.4 is 0 Å². The summed E-state index contributed by atoms with van der Waals surface area (Å²) in [4.78, 5) is 22.4. The van der Waals surface area contributed by atoms with Gasteiger partial charge in [-0.1, -0.05) is 6.92 Å². The summed E-state index contributed by atoms with van der Waals surface area (Å²) in [6.45, 7) is 3.63. The Labute approximate surface area is 90.2 Å². The van der Waals surface area contributed by atoms with Crippen LogP contribution in [-0.4, -0.2) is 17.9 Å². The molecule has 84 valence electrons. The largest absolute Gasteiger partial charge is 0.462 e. The Balaban J connectivity index is 2.12. The molecular formula is C12H18O3. The summed E-state index contributed by atoms with van der Waals surface area (Å²) >= 11 is 0. The van der Waals surface area contributed by atoms with Gasteiger partial charge in [0.1, 0.15) is 11.9 Å². The zero-order valence-corrected chi connectivity index (χ0v) is 9.41. The topological polar surface area (TPSA) is 43.4 Å². The number of rotatable bonds is 1. The third kappa shape index (κ3) is 1.80. The maximum atomic E-state index is 11.4. The van der Waals surface area contributed by atoms with Crippen LogP contribution in [0.2, 0.25) is 0 Å². The number of carbonyl (C=O) groups excluding carboxylic acids is 2. The number of ether oxygens (including phenoxy) is 1. The van der Waals surface area contributed by atoms with Crippen molar-refractivity contribution in [3.63, 3.8) is 0 Å². The molecule has 3 heteroatoms. The fraction of sp³-hybridized carbons (Fsp3) is 0.833. The number of fused-ring (bicyclic) bond motifs is 1. The van der Waals surface area contributed by atoms with Gasteiger partial charge in [0.2, 0.25) is 0 Å². The summed E-state index contributed by atoms with van der Waals surface area (Å²) in [6.07, 6.45) is 4.22. The normalized spacial score (nSPS) is 40.0. The van der Waals surface area contributed by atoms with E-state index in [9.17, 15) is 9.59 Å². The average molecular weight is 210 g/mol. The van der Waals surface area contributed by atoms with Gasteiger partial charge in [0.25, 0.3) is 0 Å². The first kappa shape index (κ1) is 10.7. The van der Waals surface area contributed by atoms with Crippen molar-refractivity contribution in [2.45, 2.75) is 52.1 Å². The van der Waals surface area contributed by atoms with Crippen LogP contribution in [0.5, 0.6) is 0 Å². The molecule has 0 spiro atoms. The molecule has 2 aliphatic rings. The van der Waals surface area contributed by atoms with Crippen LogP contribution >= 0.6 is 0 Å². The van der Waals surface area contributed by atoms with Crippen molar-refractivity contribution in [3.8, 4) is 0 Å². The zero-order valence-electron chi connectivity index (χ0n) is 9.41. The third-order valence-electron chi connectivity index (χ3n) is 4.17. The van der Waals surface area contributed by atoms with E-state index in [0.717, 1.165) is 19.3 Å². The van der Waals surface area contributed by atoms with Crippen molar-refractivity contribution < 1.29 is 14.3 Å². The van der Waals surface area contributed by atoms with E-state index < -0.39 is 0 Å². The van der Waals surface area contributed by atoms with Gasteiger partial charge in [0, 0.05) is 25.2 Å². The number of hydrogen-bond donors (Lipinski definition) is 0. The fourth-order valence-electron chi connectivity index (χ4n) is 3.15. The minimum Gasteiger partial charge on any atom is -0.462 e. The van der Waals surface area contributed by atoms with Crippen LogP contribution in [0, 0.1) is 11.3 Å². The van der Waals surface area contributed by atoms with Gasteiger partial charge in [-0.15, -0.1) is 0 Å². The Morgan fingerprint density at radius 2 is 2.20 bits per heavy atom. The van der Waals surface area contributed by atoms with E-state index in [-0.39, 0.29) is 17.5 Å². The smallest absolute Gasteiger partial charge is 0.302 e. The maximum Gasteiger partial charge on any atom is 0.302 e. The second kappa shape index (κ2) is 3.62. The minimum atomic E-state index is -0.196. The van der Waals surface area contributed by atoms with Crippen LogP contribution in [0.4, 0.5) is 0 Å². The van der Waals surface area contributed by atoms with E-state index in [0.29, 0.717) is 24.5 Å². The first-order chi connectivity index (χ1) is 7.02. The molecule has 0 N–H and O–H groups in total. The molecule has 0 amide bonds. The Kier molecular flexibility index (Phi) is 2.57. The lowest BCUT2D eigenvalue weighted by Crippen LogP contribution is -2.39. The number of hydrogen-bond acceptors (Lipinski definition) is 3. The summed E-state index contributed by atoms with van der Waals surface area (Å²) in [7, 11) is 0. The summed E-state index contributed by atoms with van der Waals surface area (Å²) in [5.41, 5.74) is 0.0551. The minimum absolute atomic E-state index is 0.0353. The van der Waals surface area contributed by atoms with Gasteiger partial charge >= 0.3 is 5.97 Å². The Hall–Kier alpha value is -0.860. The molecule has 0 bridgehead atoms. The highest BCUT2D eigenvalue weighted by molar-refractivity contribution is 5.79. The fourth-order valence-corrected chi connectivity index (χ4v) is 3.15. The Morgan fingerprint density at radius 3 is 2.87 bits per heavy atom. The molecule has 0 heterocycles. The number of ketones is 1. The highest BCUT2D eigenvalue weighted by Gasteiger charge is 2.50. The highest BCUT2D eigenvalue weighted by atomic mass is 16.5. The summed E-state index contributed by atoms with van der Waals surface area (Å²) in [5, 5.41) is 0. The predicted octanol–water partition coefficient (Wildman–Crippen LogP) is 2.09. The van der Waals surface area contributed by atoms with Gasteiger partial charge in [-0.2, -0.15) is 0 Å². The number of Topliss-reactive ketones (excluding diaryl/α,β-unsaturated/α-hetero) is 1. The lowest BCUT2D eigenvalue weighted by atomic mass is 9.68. The molecule has 0 saturated heterocycles. The maximum absolute atomic E-state index is 11.4. The molecule has 2 saturated carbocycles. The van der Waals surface area contributed by atoms with E-state index in [1.165, 1.54) is 6.92 Å². The molecular weight excluding hydrogens is 192 g/mol. The first-order valence-electron chi connectivity index (χ1n) is 5.71. The highest BCUT2D eigenvalue weighted by Crippen LogP contribution is 2.52. The second-order valence-electron chi connectivity index (χ2n) is 5.12. The van der Waals surface area contributed by atoms with Crippen LogP contribution in [0.25, 0.3) is 0 Å². The molecule has 3 nitrogen and oxygen atoms in total. The lowest BCUT2D eigenvalue weighted by Gasteiger charge is -2.39. The zero-order chi connectivity index (χ0) is 11.1. The lowest BCUT2D eigenvalue weighted by molar-refractivity contribution is -0.153. The van der Waals surface area contributed by atoms with Crippen molar-refractivity contribution >= 4 is 11.8 Å². The molecule has 3 atom stereocenters. The Bertz CT molecular complexity index is 297. The molecule has 0 aromatic carbocycles. The van der Waals surface area contributed by atoms with Crippen LogP contribution in [-0.2, 0) is 14.3 Å². The summed E-state index contributed by atoms with van der Waals surface area (Å²) < 4.78 is 5.37. The third-order valence-corrected chi connectivity index (χ3v) is 4.17. The molecule has 2 fully saturated rings. The van der Waals surface area contributed by atoms with Crippen LogP contribution in [0.15, 0.2) is 0 Å². The van der Waals surface area contributed by atoms with E-state index in [2.05, 4.69) is 6.92 Å². The molecule has 2 aliphatic carbocycles. The monoisotopic (exact) mass is 210 g/mol. The van der Waals surface area contributed by atoms with Gasteiger partial charge in [-0.25, -0.2) is 0 Å².